The molecule has 0 aromatic heterocycles. The minimum absolute atomic E-state index is 0.116. The summed E-state index contributed by atoms with van der Waals surface area (Å²) in [6, 6.07) is 0. The Balaban J connectivity index is 2.35. The van der Waals surface area contributed by atoms with Crippen molar-refractivity contribution in [2.45, 2.75) is 53.9 Å². The van der Waals surface area contributed by atoms with Crippen LogP contribution in [0.25, 0.3) is 0 Å². The Labute approximate surface area is 112 Å². The van der Waals surface area contributed by atoms with Gasteiger partial charge in [-0.3, -0.25) is 4.79 Å². The van der Waals surface area contributed by atoms with E-state index in [9.17, 15) is 4.79 Å². The second-order valence-corrected chi connectivity index (χ2v) is 6.75. The van der Waals surface area contributed by atoms with Crippen molar-refractivity contribution in [2.24, 2.45) is 17.3 Å². The lowest BCUT2D eigenvalue weighted by atomic mass is 9.98. The molecule has 0 aromatic carbocycles. The van der Waals surface area contributed by atoms with Gasteiger partial charge in [0.05, 0.1) is 0 Å². The molecule has 1 fully saturated rings. The van der Waals surface area contributed by atoms with Crippen LogP contribution in [0.4, 0.5) is 0 Å². The van der Waals surface area contributed by atoms with Crippen LogP contribution in [0.3, 0.4) is 0 Å². The van der Waals surface area contributed by atoms with Gasteiger partial charge in [0, 0.05) is 19.5 Å². The molecule has 104 valence electrons. The third-order valence-electron chi connectivity index (χ3n) is 4.17. The van der Waals surface area contributed by atoms with Crippen LogP contribution in [0.2, 0.25) is 0 Å². The smallest absolute Gasteiger partial charge is 0.224 e. The zero-order valence-corrected chi connectivity index (χ0v) is 12.9. The number of rotatable bonds is 6. The maximum atomic E-state index is 11.8. The Morgan fingerprint density at radius 1 is 1.44 bits per heavy atom. The molecule has 0 spiro atoms. The van der Waals surface area contributed by atoms with Gasteiger partial charge in [0.2, 0.25) is 5.91 Å². The highest BCUT2D eigenvalue weighted by Crippen LogP contribution is 2.55. The lowest BCUT2D eigenvalue weighted by Gasteiger charge is -2.21. The number of allylic oxidation sites excluding steroid dienone is 2. The largest absolute Gasteiger partial charge is 0.345 e. The second kappa shape index (κ2) is 5.90. The average molecular weight is 251 g/mol. The fourth-order valence-electron chi connectivity index (χ4n) is 2.65. The van der Waals surface area contributed by atoms with Crippen LogP contribution in [0.1, 0.15) is 53.9 Å². The van der Waals surface area contributed by atoms with Crippen molar-refractivity contribution in [3.8, 4) is 0 Å². The Hall–Kier alpha value is -0.790. The minimum Gasteiger partial charge on any atom is -0.345 e. The van der Waals surface area contributed by atoms with Crippen molar-refractivity contribution in [3.05, 3.63) is 11.6 Å². The van der Waals surface area contributed by atoms with Crippen LogP contribution >= 0.6 is 0 Å². The first-order valence-corrected chi connectivity index (χ1v) is 7.14. The summed E-state index contributed by atoms with van der Waals surface area (Å²) in [4.78, 5) is 13.8. The maximum Gasteiger partial charge on any atom is 0.224 e. The zero-order valence-electron chi connectivity index (χ0n) is 12.9. The lowest BCUT2D eigenvalue weighted by molar-refractivity contribution is -0.133. The van der Waals surface area contributed by atoms with E-state index < -0.39 is 0 Å². The predicted molar refractivity (Wildman–Crippen MR) is 77.4 cm³/mol. The number of hydrogen-bond donors (Lipinski definition) is 0. The summed E-state index contributed by atoms with van der Waals surface area (Å²) in [5, 5.41) is 0. The van der Waals surface area contributed by atoms with Gasteiger partial charge in [0.25, 0.3) is 0 Å². The lowest BCUT2D eigenvalue weighted by Crippen LogP contribution is -2.32. The molecule has 0 radical (unpaired) electrons. The summed E-state index contributed by atoms with van der Waals surface area (Å²) in [6.45, 7) is 11.6. The second-order valence-electron chi connectivity index (χ2n) is 6.75. The summed E-state index contributed by atoms with van der Waals surface area (Å²) in [6.07, 6.45) is 6.03. The van der Waals surface area contributed by atoms with Crippen molar-refractivity contribution in [1.29, 1.82) is 0 Å². The van der Waals surface area contributed by atoms with E-state index in [1.54, 1.807) is 0 Å². The molecule has 0 N–H and O–H groups in total. The van der Waals surface area contributed by atoms with E-state index in [1.165, 1.54) is 24.8 Å². The first-order valence-electron chi connectivity index (χ1n) is 7.14. The van der Waals surface area contributed by atoms with Gasteiger partial charge in [0.1, 0.15) is 0 Å². The normalized spacial score (nSPS) is 26.1. The number of nitrogens with zero attached hydrogens (tertiary/aromatic N) is 1. The molecule has 2 unspecified atom stereocenters. The fourth-order valence-corrected chi connectivity index (χ4v) is 2.65. The molecule has 2 atom stereocenters. The molecule has 2 heteroatoms. The van der Waals surface area contributed by atoms with Crippen LogP contribution in [0.5, 0.6) is 0 Å². The number of amides is 1. The van der Waals surface area contributed by atoms with E-state index in [-0.39, 0.29) is 11.8 Å². The quantitative estimate of drug-likeness (QED) is 0.656. The molecule has 0 saturated heterocycles. The molecule has 1 rings (SSSR count). The van der Waals surface area contributed by atoms with Crippen LogP contribution in [0.15, 0.2) is 11.6 Å². The van der Waals surface area contributed by atoms with E-state index in [0.29, 0.717) is 11.3 Å². The van der Waals surface area contributed by atoms with Gasteiger partial charge in [-0.05, 0) is 44.4 Å². The van der Waals surface area contributed by atoms with E-state index in [1.807, 2.05) is 25.8 Å². The van der Waals surface area contributed by atoms with Crippen LogP contribution in [-0.4, -0.2) is 24.4 Å². The molecule has 1 amide bonds. The molecule has 1 aliphatic rings. The topological polar surface area (TPSA) is 20.3 Å². The number of carbonyl (C=O) groups is 1. The fraction of sp³-hybridized carbons (Fsp3) is 0.812. The van der Waals surface area contributed by atoms with Crippen molar-refractivity contribution in [1.82, 2.24) is 4.90 Å². The van der Waals surface area contributed by atoms with Gasteiger partial charge in [-0.1, -0.05) is 32.4 Å². The molecule has 0 heterocycles. The molecule has 0 bridgehead atoms. The number of carbonyl (C=O) groups excluding carboxylic acids is 1. The first-order chi connectivity index (χ1) is 8.26. The van der Waals surface area contributed by atoms with Crippen molar-refractivity contribution < 1.29 is 4.79 Å². The Morgan fingerprint density at radius 3 is 2.56 bits per heavy atom. The highest BCUT2D eigenvalue weighted by atomic mass is 16.2. The first kappa shape index (κ1) is 15.3. The monoisotopic (exact) mass is 251 g/mol. The van der Waals surface area contributed by atoms with E-state index in [2.05, 4.69) is 26.8 Å². The Bertz CT molecular complexity index is 328. The van der Waals surface area contributed by atoms with Crippen LogP contribution < -0.4 is 0 Å². The Morgan fingerprint density at radius 2 is 2.06 bits per heavy atom. The third-order valence-corrected chi connectivity index (χ3v) is 4.17. The molecule has 18 heavy (non-hydrogen) atoms. The molecular weight excluding hydrogens is 222 g/mol. The third kappa shape index (κ3) is 4.15. The summed E-state index contributed by atoms with van der Waals surface area (Å²) in [5.74, 6) is 1.09. The van der Waals surface area contributed by atoms with Crippen LogP contribution in [0, 0.1) is 17.3 Å². The van der Waals surface area contributed by atoms with E-state index >= 15 is 0 Å². The van der Waals surface area contributed by atoms with Gasteiger partial charge < -0.3 is 4.90 Å². The SMILES string of the molecule is CC(C)=CCCC1(C)CC1CN(C)C(=O)C(C)C. The predicted octanol–water partition coefficient (Wildman–Crippen LogP) is 3.87. The van der Waals surface area contributed by atoms with Gasteiger partial charge in [-0.2, -0.15) is 0 Å². The molecule has 0 aliphatic heterocycles. The van der Waals surface area contributed by atoms with Crippen molar-refractivity contribution >= 4 is 5.91 Å². The Kier molecular flexibility index (Phi) is 5.01. The zero-order chi connectivity index (χ0) is 13.9. The molecule has 2 nitrogen and oxygen atoms in total. The molecule has 1 aliphatic carbocycles. The summed E-state index contributed by atoms with van der Waals surface area (Å²) in [5.41, 5.74) is 1.88. The van der Waals surface area contributed by atoms with Gasteiger partial charge in [-0.15, -0.1) is 0 Å². The summed E-state index contributed by atoms with van der Waals surface area (Å²) in [7, 11) is 1.94. The number of hydrogen-bond acceptors (Lipinski definition) is 1. The molecule has 1 saturated carbocycles. The molecular formula is C16H29NO. The van der Waals surface area contributed by atoms with Gasteiger partial charge >= 0.3 is 0 Å². The van der Waals surface area contributed by atoms with E-state index in [0.717, 1.165) is 6.54 Å². The summed E-state index contributed by atoms with van der Waals surface area (Å²) >= 11 is 0. The standard InChI is InChI=1S/C16H29NO/c1-12(2)8-7-9-16(5)10-14(16)11-17(6)15(18)13(3)4/h8,13-14H,7,9-11H2,1-6H3. The average Bonchev–Trinajstić information content (AvgIpc) is 2.87. The minimum atomic E-state index is 0.116. The van der Waals surface area contributed by atoms with E-state index in [4.69, 9.17) is 0 Å². The van der Waals surface area contributed by atoms with Gasteiger partial charge in [-0.25, -0.2) is 0 Å². The van der Waals surface area contributed by atoms with Crippen molar-refractivity contribution in [3.63, 3.8) is 0 Å². The maximum absolute atomic E-state index is 11.8. The molecule has 0 aromatic rings. The summed E-state index contributed by atoms with van der Waals surface area (Å²) < 4.78 is 0. The van der Waals surface area contributed by atoms with Crippen LogP contribution in [-0.2, 0) is 4.79 Å². The van der Waals surface area contributed by atoms with Crippen molar-refractivity contribution in [2.75, 3.05) is 13.6 Å². The highest BCUT2D eigenvalue weighted by Gasteiger charge is 2.49. The highest BCUT2D eigenvalue weighted by molar-refractivity contribution is 5.77. The van der Waals surface area contributed by atoms with Gasteiger partial charge in [0.15, 0.2) is 0 Å².